The van der Waals surface area contributed by atoms with E-state index < -0.39 is 17.3 Å². The van der Waals surface area contributed by atoms with Gasteiger partial charge in [-0.2, -0.15) is 3.97 Å². The summed E-state index contributed by atoms with van der Waals surface area (Å²) in [7, 11) is 1.58. The van der Waals surface area contributed by atoms with Crippen molar-refractivity contribution in [3.63, 3.8) is 0 Å². The molecule has 148 valence electrons. The number of aliphatic carboxylic acids is 1. The molecule has 0 bridgehead atoms. The van der Waals surface area contributed by atoms with Crippen molar-refractivity contribution in [3.8, 4) is 16.2 Å². The molecule has 0 saturated heterocycles. The van der Waals surface area contributed by atoms with Crippen LogP contribution in [0.5, 0.6) is 5.75 Å². The minimum absolute atomic E-state index is 0.00706. The number of fused-ring (bicyclic) bond motifs is 1. The summed E-state index contributed by atoms with van der Waals surface area (Å²) in [6.45, 7) is 0. The Labute approximate surface area is 174 Å². The zero-order valence-corrected chi connectivity index (χ0v) is 17.2. The highest BCUT2D eigenvalue weighted by Crippen LogP contribution is 2.34. The summed E-state index contributed by atoms with van der Waals surface area (Å²) in [6.07, 6.45) is 5.64. The number of methoxy groups -OCH3 is 1. The van der Waals surface area contributed by atoms with E-state index in [9.17, 15) is 9.35 Å². The quantitative estimate of drug-likeness (QED) is 0.444. The van der Waals surface area contributed by atoms with Gasteiger partial charge in [0.15, 0.2) is 0 Å². The van der Waals surface area contributed by atoms with Gasteiger partial charge >= 0.3 is 5.97 Å². The zero-order valence-electron chi connectivity index (χ0n) is 15.6. The topological polar surface area (TPSA) is 87.4 Å². The van der Waals surface area contributed by atoms with Crippen LogP contribution in [0.3, 0.4) is 0 Å². The predicted octanol–water partition coefficient (Wildman–Crippen LogP) is 4.36. The molecule has 0 aliphatic heterocycles. The summed E-state index contributed by atoms with van der Waals surface area (Å²) < 4.78 is 21.0. The maximum atomic E-state index is 13.3. The Morgan fingerprint density at radius 3 is 2.90 bits per heavy atom. The number of carboxylic acid groups (broad SMARTS) is 1. The Balaban J connectivity index is 1.73. The second-order valence-corrected chi connectivity index (χ2v) is 9.04. The lowest BCUT2D eigenvalue weighted by Crippen LogP contribution is -2.10. The number of aromatic nitrogens is 2. The van der Waals surface area contributed by atoms with Crippen LogP contribution in [0.1, 0.15) is 12.0 Å². The maximum Gasteiger partial charge on any atom is 0.303 e. The molecule has 4 aromatic rings. The summed E-state index contributed by atoms with van der Waals surface area (Å²) >= 11 is 0.00306. The minimum Gasteiger partial charge on any atom is -0.587 e. The lowest BCUT2D eigenvalue weighted by molar-refractivity contribution is -0.136. The van der Waals surface area contributed by atoms with Crippen LogP contribution in [0.15, 0.2) is 65.3 Å². The fraction of sp³-hybridized carbons (Fsp3) is 0.143. The van der Waals surface area contributed by atoms with Crippen molar-refractivity contribution in [1.29, 1.82) is 0 Å². The zero-order chi connectivity index (χ0) is 20.4. The highest BCUT2D eigenvalue weighted by atomic mass is 32.2. The third-order valence-electron chi connectivity index (χ3n) is 4.55. The molecule has 1 aromatic carbocycles. The van der Waals surface area contributed by atoms with Gasteiger partial charge in [-0.15, -0.1) is 0 Å². The maximum absolute atomic E-state index is 13.3. The number of rotatable bonds is 7. The van der Waals surface area contributed by atoms with E-state index >= 15 is 0 Å². The first kappa shape index (κ1) is 19.5. The molecule has 0 fully saturated rings. The Morgan fingerprint density at radius 2 is 2.17 bits per heavy atom. The number of benzene rings is 1. The molecule has 8 heteroatoms. The van der Waals surface area contributed by atoms with Crippen LogP contribution in [0.2, 0.25) is 0 Å². The molecule has 0 aliphatic carbocycles. The molecule has 3 heterocycles. The summed E-state index contributed by atoms with van der Waals surface area (Å²) in [4.78, 5) is 16.2. The van der Waals surface area contributed by atoms with E-state index in [4.69, 9.17) is 9.84 Å². The van der Waals surface area contributed by atoms with Gasteiger partial charge in [0.05, 0.1) is 18.8 Å². The van der Waals surface area contributed by atoms with E-state index in [1.807, 2.05) is 42.5 Å². The fourth-order valence-corrected chi connectivity index (χ4v) is 5.59. The Hall–Kier alpha value is -2.81. The molecule has 29 heavy (non-hydrogen) atoms. The van der Waals surface area contributed by atoms with Crippen molar-refractivity contribution >= 4 is 39.6 Å². The van der Waals surface area contributed by atoms with E-state index in [1.165, 1.54) is 11.3 Å². The number of ether oxygens (including phenoxy) is 1. The number of hydrogen-bond acceptors (Lipinski definition) is 5. The first-order chi connectivity index (χ1) is 14.1. The summed E-state index contributed by atoms with van der Waals surface area (Å²) in [6, 6.07) is 13.2. The van der Waals surface area contributed by atoms with Gasteiger partial charge in [-0.3, -0.25) is 9.78 Å². The monoisotopic (exact) mass is 426 g/mol. The molecule has 4 rings (SSSR count). The van der Waals surface area contributed by atoms with Gasteiger partial charge in [0.2, 0.25) is 4.21 Å². The van der Waals surface area contributed by atoms with Crippen LogP contribution in [0.4, 0.5) is 0 Å². The van der Waals surface area contributed by atoms with Crippen molar-refractivity contribution in [2.24, 2.45) is 0 Å². The van der Waals surface area contributed by atoms with Gasteiger partial charge in [0.25, 0.3) is 0 Å². The van der Waals surface area contributed by atoms with Crippen molar-refractivity contribution in [2.75, 3.05) is 7.11 Å². The fourth-order valence-electron chi connectivity index (χ4n) is 3.12. The average molecular weight is 427 g/mol. The molecule has 0 saturated carbocycles. The number of aryl methyl sites for hydroxylation is 1. The van der Waals surface area contributed by atoms with E-state index in [0.29, 0.717) is 16.4 Å². The molecular formula is C21H18N2O4S2. The van der Waals surface area contributed by atoms with Gasteiger partial charge in [-0.1, -0.05) is 17.4 Å². The normalized spacial score (nSPS) is 12.2. The molecule has 0 aliphatic rings. The van der Waals surface area contributed by atoms with E-state index in [0.717, 1.165) is 26.9 Å². The van der Waals surface area contributed by atoms with Crippen molar-refractivity contribution in [1.82, 2.24) is 8.96 Å². The highest BCUT2D eigenvalue weighted by molar-refractivity contribution is 7.92. The highest BCUT2D eigenvalue weighted by Gasteiger charge is 2.22. The molecule has 1 atom stereocenters. The molecule has 3 aromatic heterocycles. The molecule has 6 nitrogen and oxygen atoms in total. The number of hydrogen-bond donors (Lipinski definition) is 1. The van der Waals surface area contributed by atoms with Crippen LogP contribution in [0, 0.1) is 0 Å². The molecule has 0 radical (unpaired) electrons. The largest absolute Gasteiger partial charge is 0.587 e. The Kier molecular flexibility index (Phi) is 5.57. The predicted molar refractivity (Wildman–Crippen MR) is 114 cm³/mol. The third-order valence-corrected chi connectivity index (χ3v) is 7.29. The van der Waals surface area contributed by atoms with Gasteiger partial charge in [0.1, 0.15) is 17.1 Å². The van der Waals surface area contributed by atoms with Crippen molar-refractivity contribution in [3.05, 3.63) is 66.6 Å². The van der Waals surface area contributed by atoms with Crippen LogP contribution in [-0.4, -0.2) is 31.7 Å². The lowest BCUT2D eigenvalue weighted by Gasteiger charge is -2.09. The first-order valence-corrected chi connectivity index (χ1v) is 10.8. The Bertz CT molecular complexity index is 1150. The van der Waals surface area contributed by atoms with Crippen LogP contribution in [0.25, 0.3) is 21.3 Å². The smallest absolute Gasteiger partial charge is 0.303 e. The first-order valence-electron chi connectivity index (χ1n) is 8.89. The lowest BCUT2D eigenvalue weighted by atomic mass is 10.1. The molecule has 0 amide bonds. The Morgan fingerprint density at radius 1 is 1.31 bits per heavy atom. The SMILES string of the molecule is COc1ccc2c(c1)c(CCC(=O)O)cn2[S+]([O-])c1ccc(-c2cccnc2)s1. The second-order valence-electron chi connectivity index (χ2n) is 6.37. The standard InChI is InChI=1S/C21H18N2O4S2/c1-27-16-5-6-18-17(11-16)15(4-8-20(24)25)13-23(18)29(26)21-9-7-19(28-21)14-3-2-10-22-12-14/h2-3,5-7,9-13H,4,8H2,1H3,(H,24,25). The van der Waals surface area contributed by atoms with E-state index in [2.05, 4.69) is 4.98 Å². The number of carbonyl (C=O) groups is 1. The molecule has 0 spiro atoms. The summed E-state index contributed by atoms with van der Waals surface area (Å²) in [5, 5.41) is 9.91. The summed E-state index contributed by atoms with van der Waals surface area (Å²) in [5.41, 5.74) is 2.59. The molecular weight excluding hydrogens is 408 g/mol. The molecule has 1 N–H and O–H groups in total. The number of carboxylic acids is 1. The molecule has 1 unspecified atom stereocenters. The third kappa shape index (κ3) is 4.00. The second kappa shape index (κ2) is 8.28. The van der Waals surface area contributed by atoms with Gasteiger partial charge in [0, 0.05) is 40.7 Å². The average Bonchev–Trinajstić information content (AvgIpc) is 3.37. The number of nitrogens with zero attached hydrogens (tertiary/aromatic N) is 2. The van der Waals surface area contributed by atoms with E-state index in [1.54, 1.807) is 29.7 Å². The van der Waals surface area contributed by atoms with Gasteiger partial charge < -0.3 is 14.4 Å². The number of thiophene rings is 1. The summed E-state index contributed by atoms with van der Waals surface area (Å²) in [5.74, 6) is -0.193. The van der Waals surface area contributed by atoms with Gasteiger partial charge in [-0.05, 0) is 42.3 Å². The minimum atomic E-state index is -1.45. The van der Waals surface area contributed by atoms with Crippen LogP contribution < -0.4 is 4.74 Å². The number of pyridine rings is 1. The van der Waals surface area contributed by atoms with E-state index in [-0.39, 0.29) is 6.42 Å². The van der Waals surface area contributed by atoms with Gasteiger partial charge in [-0.25, -0.2) is 0 Å². The van der Waals surface area contributed by atoms with Crippen molar-refractivity contribution in [2.45, 2.75) is 17.1 Å². The van der Waals surface area contributed by atoms with Crippen LogP contribution in [-0.2, 0) is 22.6 Å². The van der Waals surface area contributed by atoms with Crippen molar-refractivity contribution < 1.29 is 19.2 Å². The van der Waals surface area contributed by atoms with Crippen LogP contribution >= 0.6 is 11.3 Å².